The van der Waals surface area contributed by atoms with Gasteiger partial charge in [0, 0.05) is 0 Å². The third kappa shape index (κ3) is 5.40. The van der Waals surface area contributed by atoms with Crippen LogP contribution in [0.15, 0.2) is 60.7 Å². The number of hydrogen-bond donors (Lipinski definition) is 0. The van der Waals surface area contributed by atoms with Crippen LogP contribution in [0.5, 0.6) is 11.5 Å². The fourth-order valence-corrected chi connectivity index (χ4v) is 3.16. The monoisotopic (exact) mass is 421 g/mol. The van der Waals surface area contributed by atoms with Gasteiger partial charge in [-0.15, -0.1) is 0 Å². The summed E-state index contributed by atoms with van der Waals surface area (Å²) in [6.45, 7) is 4.52. The van der Waals surface area contributed by atoms with E-state index in [1.165, 1.54) is 12.1 Å². The van der Waals surface area contributed by atoms with Gasteiger partial charge < -0.3 is 9.47 Å². The van der Waals surface area contributed by atoms with Crippen LogP contribution in [0, 0.1) is 24.1 Å². The first-order valence-corrected chi connectivity index (χ1v) is 9.90. The molecule has 3 rings (SSSR count). The average Bonchev–Trinajstić information content (AvgIpc) is 2.73. The van der Waals surface area contributed by atoms with Gasteiger partial charge in [-0.1, -0.05) is 53.6 Å². The predicted octanol–water partition coefficient (Wildman–Crippen LogP) is 6.83. The standard InChI is InChI=1S/C25H21ClFNO2/c1-3-29-24-14-19(12-21(15-28)20-8-4-17(2)5-9-20)13-23(26)25(24)30-16-18-6-10-22(27)11-7-18/h4-14H,3,16H2,1-2H3/b21-12+. The van der Waals surface area contributed by atoms with E-state index < -0.39 is 0 Å². The van der Waals surface area contributed by atoms with Crippen molar-refractivity contribution in [2.24, 2.45) is 0 Å². The number of ether oxygens (including phenoxy) is 2. The minimum absolute atomic E-state index is 0.224. The molecular formula is C25H21ClFNO2. The SMILES string of the molecule is CCOc1cc(/C=C(\C#N)c2ccc(C)cc2)cc(Cl)c1OCc1ccc(F)cc1. The minimum Gasteiger partial charge on any atom is -0.490 e. The molecule has 0 aromatic heterocycles. The first-order valence-electron chi connectivity index (χ1n) is 9.52. The van der Waals surface area contributed by atoms with Gasteiger partial charge in [0.25, 0.3) is 0 Å². The minimum atomic E-state index is -0.301. The summed E-state index contributed by atoms with van der Waals surface area (Å²) < 4.78 is 24.7. The fraction of sp³-hybridized carbons (Fsp3) is 0.160. The van der Waals surface area contributed by atoms with E-state index in [1.54, 1.807) is 30.3 Å². The summed E-state index contributed by atoms with van der Waals surface area (Å²) in [6, 6.07) is 19.6. The van der Waals surface area contributed by atoms with Crippen molar-refractivity contribution >= 4 is 23.3 Å². The number of hydrogen-bond acceptors (Lipinski definition) is 3. The van der Waals surface area contributed by atoms with E-state index in [9.17, 15) is 9.65 Å². The van der Waals surface area contributed by atoms with Crippen LogP contribution in [0.1, 0.15) is 29.2 Å². The van der Waals surface area contributed by atoms with Crippen LogP contribution in [0.25, 0.3) is 11.6 Å². The van der Waals surface area contributed by atoms with Gasteiger partial charge in [-0.3, -0.25) is 0 Å². The summed E-state index contributed by atoms with van der Waals surface area (Å²) in [4.78, 5) is 0. The van der Waals surface area contributed by atoms with Crippen LogP contribution in [-0.4, -0.2) is 6.61 Å². The Kier molecular flexibility index (Phi) is 7.11. The Hall–Kier alpha value is -3.29. The second-order valence-electron chi connectivity index (χ2n) is 6.71. The van der Waals surface area contributed by atoms with Gasteiger partial charge in [-0.25, -0.2) is 4.39 Å². The Morgan fingerprint density at radius 1 is 1.07 bits per heavy atom. The van der Waals surface area contributed by atoms with Gasteiger partial charge >= 0.3 is 0 Å². The topological polar surface area (TPSA) is 42.2 Å². The highest BCUT2D eigenvalue weighted by atomic mass is 35.5. The maximum atomic E-state index is 13.1. The number of nitrogens with zero attached hydrogens (tertiary/aromatic N) is 1. The lowest BCUT2D eigenvalue weighted by Gasteiger charge is -2.15. The third-order valence-electron chi connectivity index (χ3n) is 4.42. The Bertz CT molecular complexity index is 1080. The van der Waals surface area contributed by atoms with Crippen molar-refractivity contribution in [1.82, 2.24) is 0 Å². The van der Waals surface area contributed by atoms with Crippen molar-refractivity contribution in [3.8, 4) is 17.6 Å². The second-order valence-corrected chi connectivity index (χ2v) is 7.12. The summed E-state index contributed by atoms with van der Waals surface area (Å²) in [5.74, 6) is 0.596. The van der Waals surface area contributed by atoms with E-state index in [0.717, 1.165) is 22.3 Å². The normalized spacial score (nSPS) is 11.1. The highest BCUT2D eigenvalue weighted by molar-refractivity contribution is 6.32. The molecule has 0 spiro atoms. The van der Waals surface area contributed by atoms with Crippen molar-refractivity contribution in [2.45, 2.75) is 20.5 Å². The molecule has 0 N–H and O–H groups in total. The zero-order chi connectivity index (χ0) is 21.5. The van der Waals surface area contributed by atoms with Crippen LogP contribution in [-0.2, 0) is 6.61 Å². The fourth-order valence-electron chi connectivity index (χ4n) is 2.89. The Labute approximate surface area is 180 Å². The lowest BCUT2D eigenvalue weighted by atomic mass is 10.0. The summed E-state index contributed by atoms with van der Waals surface area (Å²) in [6.07, 6.45) is 1.77. The zero-order valence-corrected chi connectivity index (χ0v) is 17.5. The van der Waals surface area contributed by atoms with Crippen LogP contribution in [0.3, 0.4) is 0 Å². The number of benzene rings is 3. The highest BCUT2D eigenvalue weighted by Gasteiger charge is 2.13. The summed E-state index contributed by atoms with van der Waals surface area (Å²) >= 11 is 6.48. The van der Waals surface area contributed by atoms with E-state index in [1.807, 2.05) is 38.1 Å². The van der Waals surface area contributed by atoms with Crippen molar-refractivity contribution in [3.05, 3.63) is 93.8 Å². The molecule has 0 amide bonds. The highest BCUT2D eigenvalue weighted by Crippen LogP contribution is 2.38. The molecule has 152 valence electrons. The van der Waals surface area contributed by atoms with Gasteiger partial charge in [-0.2, -0.15) is 5.26 Å². The molecule has 0 heterocycles. The van der Waals surface area contributed by atoms with Crippen molar-refractivity contribution in [1.29, 1.82) is 5.26 Å². The van der Waals surface area contributed by atoms with E-state index in [2.05, 4.69) is 6.07 Å². The zero-order valence-electron chi connectivity index (χ0n) is 16.8. The maximum Gasteiger partial charge on any atom is 0.180 e. The van der Waals surface area contributed by atoms with Crippen LogP contribution in [0.4, 0.5) is 4.39 Å². The van der Waals surface area contributed by atoms with Crippen molar-refractivity contribution < 1.29 is 13.9 Å². The molecule has 3 nitrogen and oxygen atoms in total. The van der Waals surface area contributed by atoms with E-state index >= 15 is 0 Å². The number of rotatable bonds is 7. The Morgan fingerprint density at radius 2 is 1.77 bits per heavy atom. The number of allylic oxidation sites excluding steroid dienone is 1. The number of halogens is 2. The number of aryl methyl sites for hydroxylation is 1. The molecule has 0 unspecified atom stereocenters. The molecule has 3 aromatic rings. The second kappa shape index (κ2) is 9.96. The number of nitriles is 1. The van der Waals surface area contributed by atoms with E-state index in [4.69, 9.17) is 21.1 Å². The quantitative estimate of drug-likeness (QED) is 0.310. The van der Waals surface area contributed by atoms with Crippen LogP contribution < -0.4 is 9.47 Å². The van der Waals surface area contributed by atoms with Crippen LogP contribution >= 0.6 is 11.6 Å². The molecule has 0 atom stereocenters. The first kappa shape index (κ1) is 21.4. The van der Waals surface area contributed by atoms with Gasteiger partial charge in [0.15, 0.2) is 11.5 Å². The summed E-state index contributed by atoms with van der Waals surface area (Å²) in [5, 5.41) is 9.97. The third-order valence-corrected chi connectivity index (χ3v) is 4.70. The van der Waals surface area contributed by atoms with Gasteiger partial charge in [-0.05, 0) is 60.9 Å². The lowest BCUT2D eigenvalue weighted by Crippen LogP contribution is -2.01. The molecule has 0 fully saturated rings. The smallest absolute Gasteiger partial charge is 0.180 e. The van der Waals surface area contributed by atoms with Crippen molar-refractivity contribution in [2.75, 3.05) is 6.61 Å². The largest absolute Gasteiger partial charge is 0.490 e. The van der Waals surface area contributed by atoms with Crippen molar-refractivity contribution in [3.63, 3.8) is 0 Å². The molecule has 30 heavy (non-hydrogen) atoms. The Balaban J connectivity index is 1.90. The van der Waals surface area contributed by atoms with E-state index in [-0.39, 0.29) is 12.4 Å². The summed E-state index contributed by atoms with van der Waals surface area (Å²) in [7, 11) is 0. The molecule has 0 saturated heterocycles. The molecule has 0 aliphatic rings. The molecule has 0 aliphatic heterocycles. The van der Waals surface area contributed by atoms with Gasteiger partial charge in [0.05, 0.1) is 23.3 Å². The lowest BCUT2D eigenvalue weighted by molar-refractivity contribution is 0.269. The summed E-state index contributed by atoms with van der Waals surface area (Å²) in [5.41, 5.74) is 4.02. The van der Waals surface area contributed by atoms with Gasteiger partial charge in [0.1, 0.15) is 12.4 Å². The molecule has 3 aromatic carbocycles. The first-order chi connectivity index (χ1) is 14.5. The Morgan fingerprint density at radius 3 is 2.40 bits per heavy atom. The molecule has 0 radical (unpaired) electrons. The van der Waals surface area contributed by atoms with Gasteiger partial charge in [0.2, 0.25) is 0 Å². The average molecular weight is 422 g/mol. The molecule has 0 aliphatic carbocycles. The predicted molar refractivity (Wildman–Crippen MR) is 118 cm³/mol. The van der Waals surface area contributed by atoms with Crippen LogP contribution in [0.2, 0.25) is 5.02 Å². The van der Waals surface area contributed by atoms with E-state index in [0.29, 0.717) is 28.7 Å². The molecule has 0 bridgehead atoms. The molecule has 5 heteroatoms. The molecule has 0 saturated carbocycles. The molecular weight excluding hydrogens is 401 g/mol. The maximum absolute atomic E-state index is 13.1.